The second-order valence-electron chi connectivity index (χ2n) is 9.11. The van der Waals surface area contributed by atoms with E-state index in [1.165, 1.54) is 12.3 Å². The molecule has 0 amide bonds. The molecule has 0 unspecified atom stereocenters. The Hall–Kier alpha value is -3.78. The zero-order valence-corrected chi connectivity index (χ0v) is 18.3. The molecule has 2 aromatic carbocycles. The average molecular weight is 461 g/mol. The molecule has 1 spiro atoms. The number of benzene rings is 2. The molecule has 3 aliphatic heterocycles. The van der Waals surface area contributed by atoms with Gasteiger partial charge in [-0.3, -0.25) is 0 Å². The summed E-state index contributed by atoms with van der Waals surface area (Å²) >= 11 is 0. The van der Waals surface area contributed by atoms with Crippen LogP contribution in [-0.2, 0) is 15.0 Å². The van der Waals surface area contributed by atoms with E-state index in [2.05, 4.69) is 16.9 Å². The van der Waals surface area contributed by atoms with Crippen molar-refractivity contribution >= 4 is 12.1 Å². The van der Waals surface area contributed by atoms with Crippen molar-refractivity contribution in [1.29, 1.82) is 0 Å². The number of ether oxygens (including phenoxy) is 3. The molecule has 6 nitrogen and oxygen atoms in total. The van der Waals surface area contributed by atoms with Crippen LogP contribution in [0.4, 0.5) is 8.78 Å². The normalized spacial score (nSPS) is 21.9. The van der Waals surface area contributed by atoms with E-state index in [0.29, 0.717) is 46.8 Å². The number of rotatable bonds is 3. The Morgan fingerprint density at radius 1 is 1.06 bits per heavy atom. The third-order valence-electron chi connectivity index (χ3n) is 6.49. The minimum absolute atomic E-state index is 0.00255. The lowest BCUT2D eigenvalue weighted by atomic mass is 9.79. The number of nitrogens with two attached hydrogens (primary N) is 1. The molecule has 8 heteroatoms. The van der Waals surface area contributed by atoms with Crippen LogP contribution in [-0.4, -0.2) is 30.8 Å². The van der Waals surface area contributed by atoms with Crippen LogP contribution in [0.15, 0.2) is 59.7 Å². The molecule has 0 radical (unpaired) electrons. The molecule has 0 aliphatic carbocycles. The van der Waals surface area contributed by atoms with Crippen LogP contribution in [0.25, 0.3) is 17.2 Å². The lowest BCUT2D eigenvalue weighted by Gasteiger charge is -2.35. The van der Waals surface area contributed by atoms with Gasteiger partial charge in [0.05, 0.1) is 13.2 Å². The first-order valence-corrected chi connectivity index (χ1v) is 10.9. The molecule has 3 aromatic rings. The maximum absolute atomic E-state index is 15.3. The van der Waals surface area contributed by atoms with Gasteiger partial charge >= 0.3 is 0 Å². The van der Waals surface area contributed by atoms with Crippen molar-refractivity contribution in [3.05, 3.63) is 83.2 Å². The van der Waals surface area contributed by atoms with E-state index in [0.717, 1.165) is 0 Å². The van der Waals surface area contributed by atoms with Gasteiger partial charge in [0.25, 0.3) is 6.02 Å². The molecule has 6 rings (SSSR count). The van der Waals surface area contributed by atoms with Gasteiger partial charge in [-0.25, -0.2) is 14.4 Å². The van der Waals surface area contributed by atoms with E-state index in [-0.39, 0.29) is 23.8 Å². The molecule has 1 fully saturated rings. The SMILES string of the molecule is CC1(/C=C/c2cc(F)c3c(c2)[C@]2(COC(N)=N2)c2cc(-c4cccnc4F)ccc2O3)COC1. The summed E-state index contributed by atoms with van der Waals surface area (Å²) in [5.41, 5.74) is 7.43. The Bertz CT molecular complexity index is 1380. The van der Waals surface area contributed by atoms with Crippen molar-refractivity contribution in [3.8, 4) is 22.6 Å². The highest BCUT2D eigenvalue weighted by Crippen LogP contribution is 2.52. The van der Waals surface area contributed by atoms with Crippen molar-refractivity contribution in [2.75, 3.05) is 19.8 Å². The first-order valence-electron chi connectivity index (χ1n) is 10.9. The number of aliphatic imine (C=N–C) groups is 1. The first kappa shape index (κ1) is 20.8. The van der Waals surface area contributed by atoms with Crippen LogP contribution in [0, 0.1) is 17.2 Å². The number of fused-ring (bicyclic) bond motifs is 4. The maximum Gasteiger partial charge on any atom is 0.283 e. The zero-order chi connectivity index (χ0) is 23.5. The lowest BCUT2D eigenvalue weighted by Crippen LogP contribution is -2.37. The molecular weight excluding hydrogens is 440 g/mol. The third-order valence-corrected chi connectivity index (χ3v) is 6.49. The molecular formula is C26H21F2N3O3. The number of pyridine rings is 1. The monoisotopic (exact) mass is 461 g/mol. The Morgan fingerprint density at radius 2 is 1.91 bits per heavy atom. The van der Waals surface area contributed by atoms with Gasteiger partial charge < -0.3 is 19.9 Å². The molecule has 1 saturated heterocycles. The molecule has 4 heterocycles. The van der Waals surface area contributed by atoms with Gasteiger partial charge in [0, 0.05) is 28.3 Å². The van der Waals surface area contributed by atoms with Gasteiger partial charge in [-0.2, -0.15) is 4.39 Å². The van der Waals surface area contributed by atoms with Crippen molar-refractivity contribution in [2.24, 2.45) is 16.1 Å². The summed E-state index contributed by atoms with van der Waals surface area (Å²) in [6.07, 6.45) is 5.29. The van der Waals surface area contributed by atoms with Crippen LogP contribution in [0.5, 0.6) is 11.5 Å². The molecule has 0 bridgehead atoms. The smallest absolute Gasteiger partial charge is 0.283 e. The van der Waals surface area contributed by atoms with Crippen LogP contribution in [0.1, 0.15) is 23.6 Å². The molecule has 34 heavy (non-hydrogen) atoms. The second-order valence-corrected chi connectivity index (χ2v) is 9.11. The largest absolute Gasteiger partial charge is 0.462 e. The third kappa shape index (κ3) is 3.17. The van der Waals surface area contributed by atoms with Gasteiger partial charge in [-0.1, -0.05) is 25.1 Å². The summed E-state index contributed by atoms with van der Waals surface area (Å²) in [4.78, 5) is 8.35. The minimum Gasteiger partial charge on any atom is -0.462 e. The summed E-state index contributed by atoms with van der Waals surface area (Å²) < 4.78 is 46.6. The van der Waals surface area contributed by atoms with Crippen LogP contribution >= 0.6 is 0 Å². The standard InChI is InChI=1S/C26H21F2N3O3/c1-25(12-32-13-25)7-6-15-9-19-22(20(27)10-15)34-21-5-4-16(17-3-2-8-30-23(17)28)11-18(21)26(19)14-33-24(29)31-26/h2-11H,12-14H2,1H3,(H2,29,31)/b7-6+/t26-/m0/s1. The predicted octanol–water partition coefficient (Wildman–Crippen LogP) is 4.77. The number of halogens is 2. The quantitative estimate of drug-likeness (QED) is 0.569. The van der Waals surface area contributed by atoms with E-state index < -0.39 is 17.3 Å². The van der Waals surface area contributed by atoms with Crippen molar-refractivity contribution < 1.29 is 23.0 Å². The van der Waals surface area contributed by atoms with Crippen LogP contribution in [0.2, 0.25) is 0 Å². The van der Waals surface area contributed by atoms with Crippen molar-refractivity contribution in [3.63, 3.8) is 0 Å². The fourth-order valence-corrected chi connectivity index (χ4v) is 4.61. The number of aromatic nitrogens is 1. The maximum atomic E-state index is 15.3. The molecule has 1 aromatic heterocycles. The Balaban J connectivity index is 1.52. The highest BCUT2D eigenvalue weighted by molar-refractivity contribution is 5.78. The van der Waals surface area contributed by atoms with E-state index in [4.69, 9.17) is 19.9 Å². The summed E-state index contributed by atoms with van der Waals surface area (Å²) in [6, 6.07) is 11.7. The van der Waals surface area contributed by atoms with Gasteiger partial charge in [0.1, 0.15) is 12.4 Å². The fourth-order valence-electron chi connectivity index (χ4n) is 4.61. The minimum atomic E-state index is -1.13. The summed E-state index contributed by atoms with van der Waals surface area (Å²) in [6.45, 7) is 3.40. The molecule has 0 saturated carbocycles. The van der Waals surface area contributed by atoms with E-state index >= 15 is 4.39 Å². The summed E-state index contributed by atoms with van der Waals surface area (Å²) in [7, 11) is 0. The molecule has 2 N–H and O–H groups in total. The zero-order valence-electron chi connectivity index (χ0n) is 18.3. The van der Waals surface area contributed by atoms with Crippen molar-refractivity contribution in [1.82, 2.24) is 4.98 Å². The van der Waals surface area contributed by atoms with E-state index in [1.807, 2.05) is 18.2 Å². The summed E-state index contributed by atoms with van der Waals surface area (Å²) in [5, 5.41) is 0. The summed E-state index contributed by atoms with van der Waals surface area (Å²) in [5.74, 6) is -0.624. The second kappa shape index (κ2) is 7.36. The van der Waals surface area contributed by atoms with Gasteiger partial charge in [-0.05, 0) is 47.5 Å². The number of hydrogen-bond acceptors (Lipinski definition) is 6. The van der Waals surface area contributed by atoms with Crippen LogP contribution in [0.3, 0.4) is 0 Å². The topological polar surface area (TPSA) is 79.0 Å². The highest BCUT2D eigenvalue weighted by Gasteiger charge is 2.48. The van der Waals surface area contributed by atoms with Gasteiger partial charge in [0.2, 0.25) is 5.95 Å². The Kier molecular flexibility index (Phi) is 4.50. The van der Waals surface area contributed by atoms with Crippen molar-refractivity contribution in [2.45, 2.75) is 12.5 Å². The molecule has 3 aliphatic rings. The number of hydrogen-bond donors (Lipinski definition) is 1. The average Bonchev–Trinajstić information content (AvgIpc) is 3.20. The van der Waals surface area contributed by atoms with Crippen LogP contribution < -0.4 is 10.5 Å². The predicted molar refractivity (Wildman–Crippen MR) is 122 cm³/mol. The highest BCUT2D eigenvalue weighted by atomic mass is 19.1. The fraction of sp³-hybridized carbons (Fsp3) is 0.231. The molecule has 172 valence electrons. The van der Waals surface area contributed by atoms with Gasteiger partial charge in [0.15, 0.2) is 17.1 Å². The Morgan fingerprint density at radius 3 is 2.62 bits per heavy atom. The lowest BCUT2D eigenvalue weighted by molar-refractivity contribution is -0.0703. The number of amidine groups is 1. The first-order chi connectivity index (χ1) is 16.4. The van der Waals surface area contributed by atoms with E-state index in [9.17, 15) is 4.39 Å². The number of nitrogens with zero attached hydrogens (tertiary/aromatic N) is 2. The van der Waals surface area contributed by atoms with Gasteiger partial charge in [-0.15, -0.1) is 0 Å². The van der Waals surface area contributed by atoms with E-state index in [1.54, 1.807) is 30.3 Å². The Labute approximate surface area is 194 Å². The molecule has 1 atom stereocenters.